The minimum atomic E-state index is -5.01. The van der Waals surface area contributed by atoms with Gasteiger partial charge in [0.1, 0.15) is 0 Å². The average molecular weight is 543 g/mol. The van der Waals surface area contributed by atoms with Crippen molar-refractivity contribution in [2.24, 2.45) is 0 Å². The lowest BCUT2D eigenvalue weighted by Gasteiger charge is -2.15. The van der Waals surface area contributed by atoms with Crippen molar-refractivity contribution in [3.63, 3.8) is 0 Å². The smallest absolute Gasteiger partial charge is 0.293 e. The third-order valence-electron chi connectivity index (χ3n) is 5.91. The van der Waals surface area contributed by atoms with Crippen LogP contribution in [0.3, 0.4) is 0 Å². The Hall–Kier alpha value is -3.49. The summed E-state index contributed by atoms with van der Waals surface area (Å²) in [6.45, 7) is 1.08. The molecule has 200 valence electrons. The van der Waals surface area contributed by atoms with E-state index in [9.17, 15) is 39.5 Å². The van der Waals surface area contributed by atoms with Gasteiger partial charge in [0, 0.05) is 11.1 Å². The largest absolute Gasteiger partial charge is 0.416 e. The molecule has 0 saturated carbocycles. The summed E-state index contributed by atoms with van der Waals surface area (Å²) in [6, 6.07) is 11.2. The summed E-state index contributed by atoms with van der Waals surface area (Å²) < 4.78 is 119. The van der Waals surface area contributed by atoms with E-state index < -0.39 is 53.9 Å². The second-order valence-electron chi connectivity index (χ2n) is 8.64. The van der Waals surface area contributed by atoms with E-state index in [-0.39, 0.29) is 22.8 Å². The highest BCUT2D eigenvalue weighted by molar-refractivity contribution is 5.48. The fraction of sp³-hybridized carbons (Fsp3) is 0.259. The van der Waals surface area contributed by atoms with Crippen LogP contribution in [0.25, 0.3) is 0 Å². The first-order valence-corrected chi connectivity index (χ1v) is 11.1. The Morgan fingerprint density at radius 2 is 1.29 bits per heavy atom. The van der Waals surface area contributed by atoms with Crippen molar-refractivity contribution in [2.45, 2.75) is 44.1 Å². The van der Waals surface area contributed by atoms with Gasteiger partial charge in [-0.15, -0.1) is 0 Å². The minimum absolute atomic E-state index is 0.0298. The fourth-order valence-electron chi connectivity index (χ4n) is 3.91. The summed E-state index contributed by atoms with van der Waals surface area (Å²) in [4.78, 5) is 5.57. The van der Waals surface area contributed by atoms with Crippen LogP contribution in [0.4, 0.5) is 39.5 Å². The van der Waals surface area contributed by atoms with Crippen molar-refractivity contribution < 1.29 is 44.4 Å². The van der Waals surface area contributed by atoms with Gasteiger partial charge in [0.25, 0.3) is 0 Å². The maximum absolute atomic E-state index is 13.3. The molecular formula is C27H18F9NO. The molecule has 1 heterocycles. The Bertz CT molecular complexity index is 1330. The Morgan fingerprint density at radius 3 is 1.84 bits per heavy atom. The van der Waals surface area contributed by atoms with Crippen LogP contribution in [0, 0.1) is 11.8 Å². The van der Waals surface area contributed by atoms with E-state index in [1.807, 2.05) is 0 Å². The predicted molar refractivity (Wildman–Crippen MR) is 119 cm³/mol. The minimum Gasteiger partial charge on any atom is -0.293 e. The van der Waals surface area contributed by atoms with Crippen molar-refractivity contribution in [1.29, 1.82) is 0 Å². The summed E-state index contributed by atoms with van der Waals surface area (Å²) in [5.41, 5.74) is -3.25. The van der Waals surface area contributed by atoms with Gasteiger partial charge in [-0.1, -0.05) is 30.0 Å². The Balaban J connectivity index is 1.60. The molecular weight excluding hydrogens is 525 g/mol. The molecule has 1 aliphatic rings. The first kappa shape index (κ1) is 27.5. The SMILES string of the molecule is CC1C(c2cc(C(F)(F)F)cc(C(F)(F)F)c2)N1OCc1cc(C(F)(F)F)ccc1C#Cc1ccccc1. The summed E-state index contributed by atoms with van der Waals surface area (Å²) >= 11 is 0. The standard InChI is InChI=1S/C27H18F9NO/c1-16-24(19-11-22(26(31,32)33)14-23(12-19)27(34,35)36)37(16)38-15-20-13-21(25(28,29)30)10-9-18(20)8-7-17-5-3-2-4-6-17/h2-6,9-14,16,24H,15H2,1H3. The topological polar surface area (TPSA) is 12.2 Å². The first-order chi connectivity index (χ1) is 17.6. The van der Waals surface area contributed by atoms with E-state index in [4.69, 9.17) is 4.84 Å². The van der Waals surface area contributed by atoms with Crippen LogP contribution in [0.5, 0.6) is 0 Å². The maximum Gasteiger partial charge on any atom is 0.416 e. The Kier molecular flexibility index (Phi) is 7.25. The molecule has 1 aliphatic heterocycles. The van der Waals surface area contributed by atoms with Gasteiger partial charge in [0.15, 0.2) is 0 Å². The van der Waals surface area contributed by atoms with E-state index in [0.717, 1.165) is 17.2 Å². The third-order valence-corrected chi connectivity index (χ3v) is 5.91. The number of hydroxylamine groups is 2. The molecule has 38 heavy (non-hydrogen) atoms. The number of benzene rings is 3. The van der Waals surface area contributed by atoms with E-state index in [1.165, 1.54) is 13.0 Å². The molecule has 0 amide bonds. The monoisotopic (exact) mass is 543 g/mol. The number of rotatable bonds is 4. The van der Waals surface area contributed by atoms with Crippen LogP contribution < -0.4 is 0 Å². The van der Waals surface area contributed by atoms with Crippen molar-refractivity contribution in [3.05, 3.63) is 106 Å². The quantitative estimate of drug-likeness (QED) is 0.188. The van der Waals surface area contributed by atoms with Gasteiger partial charge < -0.3 is 0 Å². The zero-order valence-corrected chi connectivity index (χ0v) is 19.5. The van der Waals surface area contributed by atoms with Crippen LogP contribution in [-0.4, -0.2) is 11.1 Å². The van der Waals surface area contributed by atoms with Gasteiger partial charge in [-0.05, 0) is 66.6 Å². The summed E-state index contributed by atoms with van der Waals surface area (Å²) in [5.74, 6) is 5.62. The van der Waals surface area contributed by atoms with Crippen LogP contribution >= 0.6 is 0 Å². The van der Waals surface area contributed by atoms with Gasteiger partial charge >= 0.3 is 18.5 Å². The first-order valence-electron chi connectivity index (χ1n) is 11.1. The molecule has 0 N–H and O–H groups in total. The average Bonchev–Trinajstić information content (AvgIpc) is 3.49. The van der Waals surface area contributed by atoms with Crippen LogP contribution in [-0.2, 0) is 30.0 Å². The molecule has 3 aromatic rings. The molecule has 3 aromatic carbocycles. The number of alkyl halides is 9. The Labute approximate surface area is 211 Å². The fourth-order valence-corrected chi connectivity index (χ4v) is 3.91. The van der Waals surface area contributed by atoms with E-state index in [2.05, 4.69) is 11.8 Å². The highest BCUT2D eigenvalue weighted by Gasteiger charge is 2.49. The van der Waals surface area contributed by atoms with Crippen molar-refractivity contribution >= 4 is 0 Å². The van der Waals surface area contributed by atoms with E-state index in [1.54, 1.807) is 30.3 Å². The van der Waals surface area contributed by atoms with E-state index in [0.29, 0.717) is 17.7 Å². The van der Waals surface area contributed by atoms with Crippen molar-refractivity contribution in [2.75, 3.05) is 0 Å². The Morgan fingerprint density at radius 1 is 0.711 bits per heavy atom. The second-order valence-corrected chi connectivity index (χ2v) is 8.64. The zero-order chi connectivity index (χ0) is 27.9. The molecule has 0 aliphatic carbocycles. The second kappa shape index (κ2) is 10.0. The summed E-state index contributed by atoms with van der Waals surface area (Å²) in [6.07, 6.45) is -14.7. The van der Waals surface area contributed by atoms with Crippen molar-refractivity contribution in [3.8, 4) is 11.8 Å². The number of hydrogen-bond donors (Lipinski definition) is 0. The third kappa shape index (κ3) is 6.31. The summed E-state index contributed by atoms with van der Waals surface area (Å²) in [7, 11) is 0. The molecule has 0 radical (unpaired) electrons. The number of halogens is 9. The highest BCUT2D eigenvalue weighted by atomic mass is 19.4. The lowest BCUT2D eigenvalue weighted by molar-refractivity contribution is -0.143. The molecule has 4 rings (SSSR count). The van der Waals surface area contributed by atoms with Crippen LogP contribution in [0.15, 0.2) is 66.7 Å². The molecule has 0 aromatic heterocycles. The van der Waals surface area contributed by atoms with E-state index >= 15 is 0 Å². The van der Waals surface area contributed by atoms with Gasteiger partial charge in [0.05, 0.1) is 35.4 Å². The zero-order valence-electron chi connectivity index (χ0n) is 19.5. The van der Waals surface area contributed by atoms with Gasteiger partial charge in [0.2, 0.25) is 0 Å². The molecule has 3 unspecified atom stereocenters. The van der Waals surface area contributed by atoms with Gasteiger partial charge in [-0.2, -0.15) is 44.6 Å². The maximum atomic E-state index is 13.3. The summed E-state index contributed by atoms with van der Waals surface area (Å²) in [5, 5.41) is 1.14. The van der Waals surface area contributed by atoms with Crippen LogP contribution in [0.1, 0.15) is 51.9 Å². The molecule has 11 heteroatoms. The number of hydrogen-bond acceptors (Lipinski definition) is 2. The molecule has 1 saturated heterocycles. The predicted octanol–water partition coefficient (Wildman–Crippen LogP) is 8.02. The van der Waals surface area contributed by atoms with Gasteiger partial charge in [-0.25, -0.2) is 0 Å². The molecule has 3 atom stereocenters. The highest BCUT2D eigenvalue weighted by Crippen LogP contribution is 2.46. The molecule has 2 nitrogen and oxygen atoms in total. The van der Waals surface area contributed by atoms with Crippen molar-refractivity contribution in [1.82, 2.24) is 5.06 Å². The van der Waals surface area contributed by atoms with Crippen LogP contribution in [0.2, 0.25) is 0 Å². The number of nitrogens with zero attached hydrogens (tertiary/aromatic N) is 1. The van der Waals surface area contributed by atoms with Gasteiger partial charge in [-0.3, -0.25) is 4.84 Å². The molecule has 0 bridgehead atoms. The lowest BCUT2D eigenvalue weighted by atomic mass is 10.0. The molecule has 0 spiro atoms. The lowest BCUT2D eigenvalue weighted by Crippen LogP contribution is -2.12. The molecule has 1 fully saturated rings. The normalized spacial score (nSPS) is 19.6.